The molecule has 2 aromatic rings. The predicted octanol–water partition coefficient (Wildman–Crippen LogP) is 2.69. The van der Waals surface area contributed by atoms with E-state index in [1.54, 1.807) is 0 Å². The molecule has 1 aliphatic rings. The monoisotopic (exact) mass is 303 g/mol. The molecule has 4 nitrogen and oxygen atoms in total. The van der Waals surface area contributed by atoms with Crippen LogP contribution in [0.5, 0.6) is 0 Å². The van der Waals surface area contributed by atoms with Crippen LogP contribution >= 0.6 is 0 Å². The third kappa shape index (κ3) is 3.05. The van der Waals surface area contributed by atoms with Crippen LogP contribution in [-0.4, -0.2) is 34.9 Å². The molecular weight excluding hydrogens is 288 g/mol. The molecule has 3 rings (SSSR count). The number of hydrogen-bond donors (Lipinski definition) is 1. The van der Waals surface area contributed by atoms with Gasteiger partial charge in [0.1, 0.15) is 5.82 Å². The van der Waals surface area contributed by atoms with Crippen molar-refractivity contribution in [2.45, 2.75) is 12.5 Å². The summed E-state index contributed by atoms with van der Waals surface area (Å²) in [5.41, 5.74) is 0.648. The van der Waals surface area contributed by atoms with Crippen molar-refractivity contribution >= 4 is 11.6 Å². The number of hydrogen-bond acceptors (Lipinski definition) is 3. The molecule has 1 fully saturated rings. The molecule has 1 aliphatic heterocycles. The number of likely N-dealkylation sites (tertiary alicyclic amines) is 1. The van der Waals surface area contributed by atoms with Crippen LogP contribution in [0.4, 0.5) is 14.5 Å². The van der Waals surface area contributed by atoms with Crippen LogP contribution in [-0.2, 0) is 0 Å². The number of carbonyl (C=O) groups is 1. The molecular formula is C16H15F2N3O. The van der Waals surface area contributed by atoms with Crippen molar-refractivity contribution in [2.75, 3.05) is 18.4 Å². The van der Waals surface area contributed by atoms with E-state index in [0.717, 1.165) is 18.3 Å². The van der Waals surface area contributed by atoms with Gasteiger partial charge in [0.2, 0.25) is 0 Å². The van der Waals surface area contributed by atoms with Crippen LogP contribution in [0.25, 0.3) is 0 Å². The van der Waals surface area contributed by atoms with Gasteiger partial charge in [-0.05, 0) is 18.6 Å². The maximum atomic E-state index is 13.6. The number of benzene rings is 1. The highest BCUT2D eigenvalue weighted by Gasteiger charge is 2.29. The van der Waals surface area contributed by atoms with Gasteiger partial charge >= 0.3 is 0 Å². The fourth-order valence-electron chi connectivity index (χ4n) is 2.55. The smallest absolute Gasteiger partial charge is 0.275 e. The molecule has 0 saturated carbocycles. The zero-order valence-electron chi connectivity index (χ0n) is 11.8. The Bertz CT molecular complexity index is 678. The highest BCUT2D eigenvalue weighted by Crippen LogP contribution is 2.18. The minimum Gasteiger partial charge on any atom is -0.380 e. The number of nitrogens with zero attached hydrogens (tertiary/aromatic N) is 2. The van der Waals surface area contributed by atoms with E-state index in [0.29, 0.717) is 19.2 Å². The van der Waals surface area contributed by atoms with E-state index >= 15 is 0 Å². The van der Waals surface area contributed by atoms with Crippen LogP contribution in [0, 0.1) is 11.6 Å². The van der Waals surface area contributed by atoms with Crippen LogP contribution < -0.4 is 5.32 Å². The molecule has 0 aliphatic carbocycles. The number of amides is 1. The van der Waals surface area contributed by atoms with Gasteiger partial charge in [-0.3, -0.25) is 4.79 Å². The van der Waals surface area contributed by atoms with Crippen molar-refractivity contribution in [2.24, 2.45) is 0 Å². The number of para-hydroxylation sites is 1. The van der Waals surface area contributed by atoms with Gasteiger partial charge in [0.25, 0.3) is 5.91 Å². The molecule has 1 amide bonds. The molecule has 1 aromatic heterocycles. The SMILES string of the molecule is O=C(c1ncc(F)cc1F)N1CC[C@H](Nc2ccccc2)C1. The third-order valence-electron chi connectivity index (χ3n) is 3.63. The lowest BCUT2D eigenvalue weighted by Gasteiger charge is -2.17. The van der Waals surface area contributed by atoms with Crippen LogP contribution in [0.2, 0.25) is 0 Å². The Balaban J connectivity index is 1.66. The minimum absolute atomic E-state index is 0.106. The summed E-state index contributed by atoms with van der Waals surface area (Å²) >= 11 is 0. The number of nitrogens with one attached hydrogen (secondary N) is 1. The van der Waals surface area contributed by atoms with Gasteiger partial charge in [0, 0.05) is 30.9 Å². The average molecular weight is 303 g/mol. The Labute approximate surface area is 126 Å². The first-order valence-electron chi connectivity index (χ1n) is 7.05. The average Bonchev–Trinajstić information content (AvgIpc) is 2.96. The number of rotatable bonds is 3. The molecule has 6 heteroatoms. The Morgan fingerprint density at radius 3 is 2.77 bits per heavy atom. The Kier molecular flexibility index (Phi) is 4.00. The topological polar surface area (TPSA) is 45.2 Å². The van der Waals surface area contributed by atoms with Crippen molar-refractivity contribution in [1.82, 2.24) is 9.88 Å². The standard InChI is InChI=1S/C16H15F2N3O/c17-11-8-14(18)15(19-9-11)16(22)21-7-6-13(10-21)20-12-4-2-1-3-5-12/h1-5,8-9,13,20H,6-7,10H2/t13-/m0/s1. The lowest BCUT2D eigenvalue weighted by atomic mass is 10.2. The predicted molar refractivity (Wildman–Crippen MR) is 78.5 cm³/mol. The van der Waals surface area contributed by atoms with E-state index in [1.807, 2.05) is 30.3 Å². The van der Waals surface area contributed by atoms with Crippen LogP contribution in [0.1, 0.15) is 16.9 Å². The quantitative estimate of drug-likeness (QED) is 0.948. The molecule has 1 saturated heterocycles. The summed E-state index contributed by atoms with van der Waals surface area (Å²) in [7, 11) is 0. The molecule has 0 bridgehead atoms. The number of anilines is 1. The van der Waals surface area contributed by atoms with Gasteiger partial charge in [-0.15, -0.1) is 0 Å². The van der Waals surface area contributed by atoms with Crippen molar-refractivity contribution in [3.8, 4) is 0 Å². The van der Waals surface area contributed by atoms with E-state index < -0.39 is 17.5 Å². The van der Waals surface area contributed by atoms with Gasteiger partial charge in [-0.1, -0.05) is 18.2 Å². The van der Waals surface area contributed by atoms with E-state index in [2.05, 4.69) is 10.3 Å². The third-order valence-corrected chi connectivity index (χ3v) is 3.63. The summed E-state index contributed by atoms with van der Waals surface area (Å²) in [6, 6.07) is 10.5. The zero-order chi connectivity index (χ0) is 15.5. The summed E-state index contributed by atoms with van der Waals surface area (Å²) in [4.78, 5) is 17.4. The van der Waals surface area contributed by atoms with Crippen LogP contribution in [0.3, 0.4) is 0 Å². The van der Waals surface area contributed by atoms with Gasteiger partial charge < -0.3 is 10.2 Å². The molecule has 0 unspecified atom stereocenters. The van der Waals surface area contributed by atoms with Crippen molar-refractivity contribution in [3.63, 3.8) is 0 Å². The zero-order valence-corrected chi connectivity index (χ0v) is 11.8. The summed E-state index contributed by atoms with van der Waals surface area (Å²) in [6.45, 7) is 0.980. The summed E-state index contributed by atoms with van der Waals surface area (Å²) in [6.07, 6.45) is 1.62. The largest absolute Gasteiger partial charge is 0.380 e. The van der Waals surface area contributed by atoms with Crippen molar-refractivity contribution in [3.05, 3.63) is 59.9 Å². The molecule has 2 heterocycles. The highest BCUT2D eigenvalue weighted by molar-refractivity contribution is 5.92. The van der Waals surface area contributed by atoms with Gasteiger partial charge in [0.05, 0.1) is 6.20 Å². The first-order valence-corrected chi connectivity index (χ1v) is 7.05. The lowest BCUT2D eigenvalue weighted by Crippen LogP contribution is -2.32. The van der Waals surface area contributed by atoms with Gasteiger partial charge in [0.15, 0.2) is 11.5 Å². The maximum absolute atomic E-state index is 13.6. The van der Waals surface area contributed by atoms with Crippen molar-refractivity contribution < 1.29 is 13.6 Å². The Hall–Kier alpha value is -2.50. The number of pyridine rings is 1. The normalized spacial score (nSPS) is 17.5. The van der Waals surface area contributed by atoms with E-state index in [9.17, 15) is 13.6 Å². The number of aromatic nitrogens is 1. The van der Waals surface area contributed by atoms with Crippen LogP contribution in [0.15, 0.2) is 42.6 Å². The summed E-state index contributed by atoms with van der Waals surface area (Å²) in [5, 5.41) is 3.33. The number of halogens is 2. The maximum Gasteiger partial charge on any atom is 0.275 e. The molecule has 0 spiro atoms. The molecule has 1 atom stereocenters. The summed E-state index contributed by atoms with van der Waals surface area (Å²) in [5.74, 6) is -2.22. The number of carbonyl (C=O) groups excluding carboxylic acids is 1. The fourth-order valence-corrected chi connectivity index (χ4v) is 2.55. The second kappa shape index (κ2) is 6.09. The molecule has 1 N–H and O–H groups in total. The van der Waals surface area contributed by atoms with Crippen molar-refractivity contribution in [1.29, 1.82) is 0 Å². The molecule has 1 aromatic carbocycles. The molecule has 114 valence electrons. The summed E-state index contributed by atoms with van der Waals surface area (Å²) < 4.78 is 26.5. The first kappa shape index (κ1) is 14.4. The second-order valence-electron chi connectivity index (χ2n) is 5.23. The first-order chi connectivity index (χ1) is 10.6. The van der Waals surface area contributed by atoms with E-state index in [-0.39, 0.29) is 11.7 Å². The van der Waals surface area contributed by atoms with Gasteiger partial charge in [-0.2, -0.15) is 0 Å². The minimum atomic E-state index is -0.926. The highest BCUT2D eigenvalue weighted by atomic mass is 19.1. The molecule has 0 radical (unpaired) electrons. The lowest BCUT2D eigenvalue weighted by molar-refractivity contribution is 0.0780. The van der Waals surface area contributed by atoms with E-state index in [1.165, 1.54) is 4.90 Å². The Morgan fingerprint density at radius 2 is 2.05 bits per heavy atom. The second-order valence-corrected chi connectivity index (χ2v) is 5.23. The fraction of sp³-hybridized carbons (Fsp3) is 0.250. The van der Waals surface area contributed by atoms with Gasteiger partial charge in [-0.25, -0.2) is 13.8 Å². The Morgan fingerprint density at radius 1 is 1.27 bits per heavy atom. The van der Waals surface area contributed by atoms with E-state index in [4.69, 9.17) is 0 Å². The molecule has 22 heavy (non-hydrogen) atoms.